The summed E-state index contributed by atoms with van der Waals surface area (Å²) >= 11 is 0. The lowest BCUT2D eigenvalue weighted by atomic mass is 9.89. The quantitative estimate of drug-likeness (QED) is 0.836. The summed E-state index contributed by atoms with van der Waals surface area (Å²) in [6, 6.07) is 7.20. The molecule has 1 aliphatic rings. The fourth-order valence-corrected chi connectivity index (χ4v) is 2.89. The average molecular weight is 293 g/mol. The standard InChI is InChI=1S/C18H28FNO/c1-13(2)20-12-18(15-5-4-6-16(19)11-15)21-17-9-7-14(3)8-10-17/h4-6,11,13-14,17-18,20H,7-10,12H2,1-3H3. The molecule has 21 heavy (non-hydrogen) atoms. The highest BCUT2D eigenvalue weighted by Gasteiger charge is 2.23. The van der Waals surface area contributed by atoms with Gasteiger partial charge in [0.25, 0.3) is 0 Å². The molecule has 0 aromatic heterocycles. The molecule has 1 N–H and O–H groups in total. The van der Waals surface area contributed by atoms with Gasteiger partial charge in [-0.1, -0.05) is 32.9 Å². The van der Waals surface area contributed by atoms with Crippen molar-refractivity contribution in [2.45, 2.75) is 64.7 Å². The number of benzene rings is 1. The number of hydrogen-bond donors (Lipinski definition) is 1. The van der Waals surface area contributed by atoms with Crippen molar-refractivity contribution in [3.8, 4) is 0 Å². The van der Waals surface area contributed by atoms with E-state index in [1.54, 1.807) is 12.1 Å². The zero-order valence-corrected chi connectivity index (χ0v) is 13.4. The maximum Gasteiger partial charge on any atom is 0.123 e. The molecular weight excluding hydrogens is 265 g/mol. The van der Waals surface area contributed by atoms with Crippen LogP contribution in [0, 0.1) is 11.7 Å². The summed E-state index contributed by atoms with van der Waals surface area (Å²) in [5.41, 5.74) is 0.932. The van der Waals surface area contributed by atoms with Gasteiger partial charge in [0.05, 0.1) is 12.2 Å². The molecule has 1 saturated carbocycles. The van der Waals surface area contributed by atoms with Crippen LogP contribution in [0.1, 0.15) is 58.1 Å². The Labute approximate surface area is 128 Å². The van der Waals surface area contributed by atoms with Gasteiger partial charge in [-0.15, -0.1) is 0 Å². The Bertz CT molecular complexity index is 427. The number of halogens is 1. The lowest BCUT2D eigenvalue weighted by molar-refractivity contribution is -0.0370. The number of rotatable bonds is 6. The summed E-state index contributed by atoms with van der Waals surface area (Å²) in [6.45, 7) is 7.27. The van der Waals surface area contributed by atoms with Crippen LogP contribution in [0.15, 0.2) is 24.3 Å². The molecule has 0 bridgehead atoms. The molecule has 118 valence electrons. The minimum Gasteiger partial charge on any atom is -0.369 e. The molecule has 1 atom stereocenters. The van der Waals surface area contributed by atoms with Crippen LogP contribution in [0.2, 0.25) is 0 Å². The number of hydrogen-bond acceptors (Lipinski definition) is 2. The zero-order chi connectivity index (χ0) is 15.2. The summed E-state index contributed by atoms with van der Waals surface area (Å²) < 4.78 is 19.8. The molecule has 1 fully saturated rings. The van der Waals surface area contributed by atoms with Crippen molar-refractivity contribution in [2.75, 3.05) is 6.54 Å². The maximum absolute atomic E-state index is 13.5. The van der Waals surface area contributed by atoms with E-state index >= 15 is 0 Å². The molecule has 0 aliphatic heterocycles. The largest absolute Gasteiger partial charge is 0.369 e. The second-order valence-electron chi connectivity index (χ2n) is 6.62. The molecule has 0 heterocycles. The van der Waals surface area contributed by atoms with Gasteiger partial charge in [-0.3, -0.25) is 0 Å². The fraction of sp³-hybridized carbons (Fsp3) is 0.667. The summed E-state index contributed by atoms with van der Waals surface area (Å²) in [6.07, 6.45) is 4.95. The topological polar surface area (TPSA) is 21.3 Å². The lowest BCUT2D eigenvalue weighted by Gasteiger charge is -2.31. The van der Waals surface area contributed by atoms with Gasteiger partial charge in [0.1, 0.15) is 5.82 Å². The van der Waals surface area contributed by atoms with E-state index in [4.69, 9.17) is 4.74 Å². The van der Waals surface area contributed by atoms with Crippen molar-refractivity contribution in [1.82, 2.24) is 5.32 Å². The van der Waals surface area contributed by atoms with Crippen LogP contribution in [0.4, 0.5) is 4.39 Å². The van der Waals surface area contributed by atoms with E-state index in [1.165, 1.54) is 18.9 Å². The number of ether oxygens (including phenoxy) is 1. The van der Waals surface area contributed by atoms with Crippen LogP contribution in [-0.4, -0.2) is 18.7 Å². The van der Waals surface area contributed by atoms with E-state index in [1.807, 2.05) is 6.07 Å². The minimum atomic E-state index is -0.192. The maximum atomic E-state index is 13.5. The van der Waals surface area contributed by atoms with Gasteiger partial charge in [0.2, 0.25) is 0 Å². The predicted octanol–water partition coefficient (Wildman–Crippen LogP) is 4.46. The summed E-state index contributed by atoms with van der Waals surface area (Å²) in [5, 5.41) is 3.41. The normalized spacial score (nSPS) is 24.2. The second kappa shape index (κ2) is 7.90. The lowest BCUT2D eigenvalue weighted by Crippen LogP contribution is -2.32. The summed E-state index contributed by atoms with van der Waals surface area (Å²) in [7, 11) is 0. The fourth-order valence-electron chi connectivity index (χ4n) is 2.89. The zero-order valence-electron chi connectivity index (χ0n) is 13.4. The first-order valence-electron chi connectivity index (χ1n) is 8.19. The molecule has 0 spiro atoms. The molecule has 2 nitrogen and oxygen atoms in total. The first kappa shape index (κ1) is 16.4. The Kier molecular flexibility index (Phi) is 6.19. The van der Waals surface area contributed by atoms with Gasteiger partial charge in [-0.05, 0) is 49.3 Å². The van der Waals surface area contributed by atoms with Crippen molar-refractivity contribution < 1.29 is 9.13 Å². The molecule has 3 heteroatoms. The molecule has 1 aliphatic carbocycles. The van der Waals surface area contributed by atoms with E-state index < -0.39 is 0 Å². The monoisotopic (exact) mass is 293 g/mol. The third-order valence-corrected chi connectivity index (χ3v) is 4.25. The highest BCUT2D eigenvalue weighted by Crippen LogP contribution is 2.30. The summed E-state index contributed by atoms with van der Waals surface area (Å²) in [5.74, 6) is 0.620. The van der Waals surface area contributed by atoms with E-state index in [2.05, 4.69) is 26.1 Å². The Balaban J connectivity index is 2.01. The van der Waals surface area contributed by atoms with E-state index in [-0.39, 0.29) is 11.9 Å². The van der Waals surface area contributed by atoms with Gasteiger partial charge in [0.15, 0.2) is 0 Å². The molecule has 0 radical (unpaired) electrons. The van der Waals surface area contributed by atoms with Crippen LogP contribution in [0.3, 0.4) is 0 Å². The molecule has 1 aromatic carbocycles. The first-order chi connectivity index (χ1) is 10.0. The van der Waals surface area contributed by atoms with Crippen molar-refractivity contribution in [3.63, 3.8) is 0 Å². The van der Waals surface area contributed by atoms with Crippen LogP contribution in [0.25, 0.3) is 0 Å². The first-order valence-corrected chi connectivity index (χ1v) is 8.19. The van der Waals surface area contributed by atoms with Gasteiger partial charge >= 0.3 is 0 Å². The van der Waals surface area contributed by atoms with Crippen molar-refractivity contribution in [2.24, 2.45) is 5.92 Å². The van der Waals surface area contributed by atoms with Crippen molar-refractivity contribution in [1.29, 1.82) is 0 Å². The van der Waals surface area contributed by atoms with Crippen LogP contribution in [0.5, 0.6) is 0 Å². The highest BCUT2D eigenvalue weighted by molar-refractivity contribution is 5.19. The molecule has 0 saturated heterocycles. The van der Waals surface area contributed by atoms with Crippen molar-refractivity contribution in [3.05, 3.63) is 35.6 Å². The molecule has 0 amide bonds. The van der Waals surface area contributed by atoms with E-state index in [9.17, 15) is 4.39 Å². The third kappa shape index (κ3) is 5.40. The Morgan fingerprint density at radius 1 is 1.24 bits per heavy atom. The van der Waals surface area contributed by atoms with Gasteiger partial charge in [-0.2, -0.15) is 0 Å². The molecule has 1 aromatic rings. The van der Waals surface area contributed by atoms with Gasteiger partial charge in [-0.25, -0.2) is 4.39 Å². The Morgan fingerprint density at radius 2 is 1.95 bits per heavy atom. The average Bonchev–Trinajstić information content (AvgIpc) is 2.45. The number of nitrogens with one attached hydrogen (secondary N) is 1. The van der Waals surface area contributed by atoms with Gasteiger partial charge in [0, 0.05) is 12.6 Å². The van der Waals surface area contributed by atoms with Gasteiger partial charge < -0.3 is 10.1 Å². The van der Waals surface area contributed by atoms with E-state index in [0.717, 1.165) is 30.9 Å². The molecular formula is C18H28FNO. The van der Waals surface area contributed by atoms with Crippen molar-refractivity contribution >= 4 is 0 Å². The van der Waals surface area contributed by atoms with Crippen LogP contribution < -0.4 is 5.32 Å². The molecule has 1 unspecified atom stereocenters. The smallest absolute Gasteiger partial charge is 0.123 e. The Morgan fingerprint density at radius 3 is 2.57 bits per heavy atom. The van der Waals surface area contributed by atoms with E-state index in [0.29, 0.717) is 12.1 Å². The highest BCUT2D eigenvalue weighted by atomic mass is 19.1. The predicted molar refractivity (Wildman–Crippen MR) is 84.8 cm³/mol. The SMILES string of the molecule is CC1CCC(OC(CNC(C)C)c2cccc(F)c2)CC1. The van der Waals surface area contributed by atoms with Crippen LogP contribution >= 0.6 is 0 Å². The third-order valence-electron chi connectivity index (χ3n) is 4.25. The summed E-state index contributed by atoms with van der Waals surface area (Å²) in [4.78, 5) is 0. The Hall–Kier alpha value is -0.930. The van der Waals surface area contributed by atoms with Crippen LogP contribution in [-0.2, 0) is 4.74 Å². The second-order valence-corrected chi connectivity index (χ2v) is 6.62. The molecule has 2 rings (SSSR count). The minimum absolute atomic E-state index is 0.0680.